The zero-order valence-corrected chi connectivity index (χ0v) is 14.8. The Kier molecular flexibility index (Phi) is 5.90. The highest BCUT2D eigenvalue weighted by Gasteiger charge is 2.52. The Morgan fingerprint density at radius 2 is 1.79 bits per heavy atom. The Bertz CT molecular complexity index is 533. The third-order valence-corrected chi connectivity index (χ3v) is 5.15. The summed E-state index contributed by atoms with van der Waals surface area (Å²) in [5, 5.41) is 0. The summed E-state index contributed by atoms with van der Waals surface area (Å²) in [6.45, 7) is 4.79. The van der Waals surface area contributed by atoms with Gasteiger partial charge in [0.1, 0.15) is 18.9 Å². The number of ether oxygens (including phenoxy) is 2. The third-order valence-electron chi connectivity index (χ3n) is 5.15. The summed E-state index contributed by atoms with van der Waals surface area (Å²) >= 11 is 0. The standard InChI is InChI=1S/C20H29NO3/c1-3-5-12-17-19-20(22)23-14-16(15-10-8-7-9-11-15)21(19)18(24-17)13-6-4-2/h7-11,16-19H,3-6,12-14H2,1-2H3/t16-,17-,18+,19+/m1/s1. The van der Waals surface area contributed by atoms with Gasteiger partial charge in [-0.05, 0) is 24.8 Å². The first-order valence-corrected chi connectivity index (χ1v) is 9.40. The van der Waals surface area contributed by atoms with Crippen LogP contribution < -0.4 is 0 Å². The molecule has 0 unspecified atom stereocenters. The van der Waals surface area contributed by atoms with Crippen molar-refractivity contribution in [3.8, 4) is 0 Å². The van der Waals surface area contributed by atoms with Gasteiger partial charge in [0.05, 0.1) is 12.1 Å². The maximum absolute atomic E-state index is 12.5. The van der Waals surface area contributed by atoms with Gasteiger partial charge in [0.2, 0.25) is 0 Å². The number of morpholine rings is 1. The number of hydrogen-bond donors (Lipinski definition) is 0. The van der Waals surface area contributed by atoms with Crippen LogP contribution in [0.15, 0.2) is 30.3 Å². The van der Waals surface area contributed by atoms with Crippen LogP contribution in [0.4, 0.5) is 0 Å². The molecule has 2 aliphatic heterocycles. The lowest BCUT2D eigenvalue weighted by molar-refractivity contribution is -0.163. The van der Waals surface area contributed by atoms with Crippen molar-refractivity contribution < 1.29 is 14.3 Å². The number of carbonyl (C=O) groups excluding carboxylic acids is 1. The highest BCUT2D eigenvalue weighted by Crippen LogP contribution is 2.40. The monoisotopic (exact) mass is 331 g/mol. The van der Waals surface area contributed by atoms with Crippen molar-refractivity contribution in [2.75, 3.05) is 6.61 Å². The Morgan fingerprint density at radius 1 is 1.08 bits per heavy atom. The average molecular weight is 331 g/mol. The van der Waals surface area contributed by atoms with Gasteiger partial charge in [-0.1, -0.05) is 63.4 Å². The quantitative estimate of drug-likeness (QED) is 0.706. The van der Waals surface area contributed by atoms with Gasteiger partial charge in [0.15, 0.2) is 0 Å². The highest BCUT2D eigenvalue weighted by atomic mass is 16.6. The van der Waals surface area contributed by atoms with Crippen LogP contribution in [-0.2, 0) is 14.3 Å². The van der Waals surface area contributed by atoms with Crippen LogP contribution in [0.3, 0.4) is 0 Å². The van der Waals surface area contributed by atoms with E-state index in [4.69, 9.17) is 9.47 Å². The Labute approximate surface area is 145 Å². The number of esters is 1. The van der Waals surface area contributed by atoms with Gasteiger partial charge in [-0.2, -0.15) is 0 Å². The molecule has 2 saturated heterocycles. The van der Waals surface area contributed by atoms with E-state index in [-0.39, 0.29) is 30.4 Å². The second kappa shape index (κ2) is 8.13. The van der Waals surface area contributed by atoms with Crippen molar-refractivity contribution in [2.45, 2.75) is 76.8 Å². The number of fused-ring (bicyclic) bond motifs is 1. The molecule has 0 N–H and O–H groups in total. The lowest BCUT2D eigenvalue weighted by atomic mass is 9.97. The number of hydrogen-bond acceptors (Lipinski definition) is 4. The van der Waals surface area contributed by atoms with Gasteiger partial charge >= 0.3 is 5.97 Å². The zero-order valence-electron chi connectivity index (χ0n) is 14.8. The summed E-state index contributed by atoms with van der Waals surface area (Å²) in [5.41, 5.74) is 1.20. The number of nitrogens with zero attached hydrogens (tertiary/aromatic N) is 1. The Balaban J connectivity index is 1.86. The SMILES string of the molecule is CCCC[C@@H]1O[C@H](CCCC)[C@H]2C(=O)OC[C@H](c3ccccc3)N12. The highest BCUT2D eigenvalue weighted by molar-refractivity contribution is 5.78. The summed E-state index contributed by atoms with van der Waals surface area (Å²) in [5.74, 6) is -0.109. The molecule has 4 nitrogen and oxygen atoms in total. The molecular weight excluding hydrogens is 302 g/mol. The summed E-state index contributed by atoms with van der Waals surface area (Å²) in [4.78, 5) is 14.8. The molecule has 3 rings (SSSR count). The van der Waals surface area contributed by atoms with Crippen molar-refractivity contribution in [2.24, 2.45) is 0 Å². The van der Waals surface area contributed by atoms with Crippen LogP contribution in [-0.4, -0.2) is 35.8 Å². The second-order valence-corrected chi connectivity index (χ2v) is 6.86. The van der Waals surface area contributed by atoms with E-state index in [2.05, 4.69) is 30.9 Å². The lowest BCUT2D eigenvalue weighted by Gasteiger charge is -2.39. The summed E-state index contributed by atoms with van der Waals surface area (Å²) in [6, 6.07) is 10.2. The van der Waals surface area contributed by atoms with Gasteiger partial charge in [0, 0.05) is 0 Å². The van der Waals surface area contributed by atoms with Crippen LogP contribution in [0.5, 0.6) is 0 Å². The molecular formula is C20H29NO3. The van der Waals surface area contributed by atoms with Crippen molar-refractivity contribution >= 4 is 5.97 Å². The maximum atomic E-state index is 12.5. The maximum Gasteiger partial charge on any atom is 0.326 e. The normalized spacial score (nSPS) is 30.2. The first-order chi connectivity index (χ1) is 11.8. The minimum absolute atomic E-state index is 0.0230. The lowest BCUT2D eigenvalue weighted by Crippen LogP contribution is -2.52. The Morgan fingerprint density at radius 3 is 2.50 bits per heavy atom. The molecule has 0 bridgehead atoms. The van der Waals surface area contributed by atoms with E-state index in [0.717, 1.165) is 38.5 Å². The van der Waals surface area contributed by atoms with Crippen LogP contribution in [0, 0.1) is 0 Å². The number of unbranched alkanes of at least 4 members (excludes halogenated alkanes) is 2. The predicted molar refractivity (Wildman–Crippen MR) is 93.5 cm³/mol. The molecule has 0 aromatic heterocycles. The smallest absolute Gasteiger partial charge is 0.326 e. The third kappa shape index (κ3) is 3.50. The van der Waals surface area contributed by atoms with Gasteiger partial charge in [0.25, 0.3) is 0 Å². The fourth-order valence-electron chi connectivity index (χ4n) is 3.89. The first-order valence-electron chi connectivity index (χ1n) is 9.40. The molecule has 0 aliphatic carbocycles. The van der Waals surface area contributed by atoms with Crippen LogP contribution in [0.2, 0.25) is 0 Å². The van der Waals surface area contributed by atoms with Gasteiger partial charge < -0.3 is 9.47 Å². The van der Waals surface area contributed by atoms with E-state index in [1.165, 1.54) is 5.56 Å². The van der Waals surface area contributed by atoms with Crippen molar-refractivity contribution in [3.05, 3.63) is 35.9 Å². The molecule has 24 heavy (non-hydrogen) atoms. The molecule has 0 spiro atoms. The number of cyclic esters (lactones) is 1. The first kappa shape index (κ1) is 17.4. The topological polar surface area (TPSA) is 38.8 Å². The van der Waals surface area contributed by atoms with Crippen molar-refractivity contribution in [1.29, 1.82) is 0 Å². The summed E-state index contributed by atoms with van der Waals surface area (Å²) in [6.07, 6.45) is 6.34. The second-order valence-electron chi connectivity index (χ2n) is 6.86. The molecule has 1 aromatic rings. The fraction of sp³-hybridized carbons (Fsp3) is 0.650. The van der Waals surface area contributed by atoms with E-state index in [9.17, 15) is 4.79 Å². The van der Waals surface area contributed by atoms with Crippen LogP contribution >= 0.6 is 0 Å². The molecule has 2 aliphatic rings. The zero-order chi connectivity index (χ0) is 16.9. The largest absolute Gasteiger partial charge is 0.462 e. The Hall–Kier alpha value is -1.39. The van der Waals surface area contributed by atoms with E-state index in [0.29, 0.717) is 6.61 Å². The summed E-state index contributed by atoms with van der Waals surface area (Å²) < 4.78 is 11.9. The fourth-order valence-corrected chi connectivity index (χ4v) is 3.89. The molecule has 4 atom stereocenters. The van der Waals surface area contributed by atoms with E-state index in [1.807, 2.05) is 18.2 Å². The van der Waals surface area contributed by atoms with Gasteiger partial charge in [-0.3, -0.25) is 9.69 Å². The molecule has 132 valence electrons. The number of carbonyl (C=O) groups is 1. The molecule has 2 heterocycles. The molecule has 0 radical (unpaired) electrons. The van der Waals surface area contributed by atoms with Crippen molar-refractivity contribution in [3.63, 3.8) is 0 Å². The van der Waals surface area contributed by atoms with Crippen LogP contribution in [0.1, 0.15) is 64.0 Å². The number of rotatable bonds is 7. The van der Waals surface area contributed by atoms with Gasteiger partial charge in [-0.15, -0.1) is 0 Å². The summed E-state index contributed by atoms with van der Waals surface area (Å²) in [7, 11) is 0. The van der Waals surface area contributed by atoms with Crippen molar-refractivity contribution in [1.82, 2.24) is 4.90 Å². The van der Waals surface area contributed by atoms with E-state index < -0.39 is 0 Å². The van der Waals surface area contributed by atoms with Gasteiger partial charge in [-0.25, -0.2) is 0 Å². The minimum atomic E-state index is -0.252. The minimum Gasteiger partial charge on any atom is -0.462 e. The van der Waals surface area contributed by atoms with Crippen LogP contribution in [0.25, 0.3) is 0 Å². The van der Waals surface area contributed by atoms with E-state index in [1.54, 1.807) is 0 Å². The average Bonchev–Trinajstić information content (AvgIpc) is 2.99. The molecule has 4 heteroatoms. The number of benzene rings is 1. The van der Waals surface area contributed by atoms with E-state index >= 15 is 0 Å². The predicted octanol–water partition coefficient (Wildman–Crippen LogP) is 4.06. The molecule has 1 aromatic carbocycles. The molecule has 2 fully saturated rings. The molecule has 0 amide bonds. The molecule has 0 saturated carbocycles.